The maximum atomic E-state index is 12.2. The zero-order chi connectivity index (χ0) is 13.3. The van der Waals surface area contributed by atoms with Gasteiger partial charge in [-0.25, -0.2) is 13.2 Å². The molecule has 1 saturated heterocycles. The minimum Gasteiger partial charge on any atom is -0.477 e. The first kappa shape index (κ1) is 13.5. The Morgan fingerprint density at radius 1 is 1.61 bits per heavy atom. The Kier molecular flexibility index (Phi) is 3.71. The fourth-order valence-corrected chi connectivity index (χ4v) is 4.41. The van der Waals surface area contributed by atoms with Crippen LogP contribution >= 0.6 is 11.3 Å². The van der Waals surface area contributed by atoms with Crippen molar-refractivity contribution in [2.75, 3.05) is 20.2 Å². The smallest absolute Gasteiger partial charge is 0.345 e. The molecule has 2 heterocycles. The van der Waals surface area contributed by atoms with Gasteiger partial charge in [-0.15, -0.1) is 11.3 Å². The van der Waals surface area contributed by atoms with Gasteiger partial charge in [0.2, 0.25) is 10.0 Å². The molecule has 1 N–H and O–H groups in total. The monoisotopic (exact) mass is 291 g/mol. The van der Waals surface area contributed by atoms with E-state index in [-0.39, 0.29) is 15.9 Å². The van der Waals surface area contributed by atoms with Crippen LogP contribution in [0.3, 0.4) is 0 Å². The summed E-state index contributed by atoms with van der Waals surface area (Å²) in [6.45, 7) is 0.718. The van der Waals surface area contributed by atoms with Crippen molar-refractivity contribution < 1.29 is 23.1 Å². The second-order valence-corrected chi connectivity index (χ2v) is 6.81. The first-order valence-corrected chi connectivity index (χ1v) is 7.62. The van der Waals surface area contributed by atoms with Crippen molar-refractivity contribution in [3.05, 3.63) is 16.3 Å². The first-order chi connectivity index (χ1) is 8.45. The molecule has 0 saturated carbocycles. The molecule has 6 nitrogen and oxygen atoms in total. The second kappa shape index (κ2) is 4.96. The SMILES string of the molecule is COC1CCN(S(=O)(=O)c2csc(C(=O)O)c2)C1. The molecule has 0 aromatic carbocycles. The molecule has 0 amide bonds. The van der Waals surface area contributed by atoms with Gasteiger partial charge in [0.1, 0.15) is 4.88 Å². The van der Waals surface area contributed by atoms with Gasteiger partial charge in [0.05, 0.1) is 11.0 Å². The average molecular weight is 291 g/mol. The Hall–Kier alpha value is -0.960. The largest absolute Gasteiger partial charge is 0.477 e. The Morgan fingerprint density at radius 2 is 2.33 bits per heavy atom. The molecule has 0 aliphatic carbocycles. The van der Waals surface area contributed by atoms with Gasteiger partial charge in [-0.2, -0.15) is 4.31 Å². The number of ether oxygens (including phenoxy) is 1. The summed E-state index contributed by atoms with van der Waals surface area (Å²) in [5.41, 5.74) is 0. The number of methoxy groups -OCH3 is 1. The van der Waals surface area contributed by atoms with E-state index < -0.39 is 16.0 Å². The van der Waals surface area contributed by atoms with Crippen LogP contribution in [0.4, 0.5) is 0 Å². The summed E-state index contributed by atoms with van der Waals surface area (Å²) in [5.74, 6) is -1.11. The highest BCUT2D eigenvalue weighted by molar-refractivity contribution is 7.89. The van der Waals surface area contributed by atoms with Crippen LogP contribution in [0.5, 0.6) is 0 Å². The van der Waals surface area contributed by atoms with Crippen LogP contribution in [0.25, 0.3) is 0 Å². The number of carbonyl (C=O) groups is 1. The third-order valence-corrected chi connectivity index (χ3v) is 5.78. The van der Waals surface area contributed by atoms with Crippen LogP contribution in [-0.2, 0) is 14.8 Å². The summed E-state index contributed by atoms with van der Waals surface area (Å²) in [6, 6.07) is 1.20. The van der Waals surface area contributed by atoms with E-state index in [4.69, 9.17) is 9.84 Å². The average Bonchev–Trinajstić information content (AvgIpc) is 2.98. The Bertz CT molecular complexity index is 550. The van der Waals surface area contributed by atoms with E-state index >= 15 is 0 Å². The van der Waals surface area contributed by atoms with E-state index in [0.29, 0.717) is 19.5 Å². The molecule has 0 bridgehead atoms. The number of nitrogens with zero attached hydrogens (tertiary/aromatic N) is 1. The van der Waals surface area contributed by atoms with Gasteiger partial charge in [-0.3, -0.25) is 0 Å². The van der Waals surface area contributed by atoms with Crippen LogP contribution in [0.15, 0.2) is 16.3 Å². The van der Waals surface area contributed by atoms with Gasteiger partial charge >= 0.3 is 5.97 Å². The number of thiophene rings is 1. The molecule has 18 heavy (non-hydrogen) atoms. The van der Waals surface area contributed by atoms with Gasteiger partial charge in [0.15, 0.2) is 0 Å². The summed E-state index contributed by atoms with van der Waals surface area (Å²) in [6.07, 6.45) is 0.573. The maximum Gasteiger partial charge on any atom is 0.345 e. The fourth-order valence-electron chi connectivity index (χ4n) is 1.82. The van der Waals surface area contributed by atoms with Crippen LogP contribution in [-0.4, -0.2) is 50.1 Å². The molecule has 8 heteroatoms. The van der Waals surface area contributed by atoms with Crippen molar-refractivity contribution in [3.8, 4) is 0 Å². The van der Waals surface area contributed by atoms with Crippen molar-refractivity contribution in [1.29, 1.82) is 0 Å². The minimum atomic E-state index is -3.59. The number of rotatable bonds is 4. The van der Waals surface area contributed by atoms with E-state index in [0.717, 1.165) is 11.3 Å². The van der Waals surface area contributed by atoms with E-state index in [9.17, 15) is 13.2 Å². The third kappa shape index (κ3) is 2.41. The molecule has 1 aromatic rings. The van der Waals surface area contributed by atoms with Gasteiger partial charge in [0, 0.05) is 25.6 Å². The molecular weight excluding hydrogens is 278 g/mol. The van der Waals surface area contributed by atoms with E-state index in [1.165, 1.54) is 15.8 Å². The van der Waals surface area contributed by atoms with Crippen LogP contribution in [0.2, 0.25) is 0 Å². The first-order valence-electron chi connectivity index (χ1n) is 5.30. The summed E-state index contributed by atoms with van der Waals surface area (Å²) in [4.78, 5) is 10.8. The lowest BCUT2D eigenvalue weighted by Gasteiger charge is -2.14. The summed E-state index contributed by atoms with van der Waals surface area (Å²) in [7, 11) is -2.04. The molecule has 2 rings (SSSR count). The quantitative estimate of drug-likeness (QED) is 0.889. The molecule has 0 radical (unpaired) electrons. The Balaban J connectivity index is 2.23. The van der Waals surface area contributed by atoms with Gasteiger partial charge in [-0.1, -0.05) is 0 Å². The lowest BCUT2D eigenvalue weighted by molar-refractivity contribution is 0.0702. The number of hydrogen-bond acceptors (Lipinski definition) is 5. The highest BCUT2D eigenvalue weighted by atomic mass is 32.2. The molecule has 1 fully saturated rings. The van der Waals surface area contributed by atoms with Crippen molar-refractivity contribution in [2.24, 2.45) is 0 Å². The lowest BCUT2D eigenvalue weighted by Crippen LogP contribution is -2.29. The van der Waals surface area contributed by atoms with Gasteiger partial charge in [0.25, 0.3) is 0 Å². The van der Waals surface area contributed by atoms with Crippen molar-refractivity contribution >= 4 is 27.3 Å². The van der Waals surface area contributed by atoms with Crippen LogP contribution in [0.1, 0.15) is 16.1 Å². The van der Waals surface area contributed by atoms with E-state index in [1.54, 1.807) is 7.11 Å². The predicted octanol–water partition coefficient (Wildman–Crippen LogP) is 0.856. The number of carboxylic acids is 1. The Labute approximate surface area is 109 Å². The van der Waals surface area contributed by atoms with E-state index in [1.807, 2.05) is 0 Å². The topological polar surface area (TPSA) is 83.9 Å². The van der Waals surface area contributed by atoms with Gasteiger partial charge in [-0.05, 0) is 12.5 Å². The van der Waals surface area contributed by atoms with Crippen molar-refractivity contribution in [1.82, 2.24) is 4.31 Å². The van der Waals surface area contributed by atoms with Crippen LogP contribution < -0.4 is 0 Å². The standard InChI is InChI=1S/C10H13NO5S2/c1-16-7-2-3-11(5-7)18(14,15)8-4-9(10(12)13)17-6-8/h4,6-7H,2-3,5H2,1H3,(H,12,13). The van der Waals surface area contributed by atoms with Crippen molar-refractivity contribution in [2.45, 2.75) is 17.4 Å². The molecule has 1 unspecified atom stereocenters. The molecule has 1 aliphatic heterocycles. The molecular formula is C10H13NO5S2. The third-order valence-electron chi connectivity index (χ3n) is 2.87. The van der Waals surface area contributed by atoms with E-state index in [2.05, 4.69) is 0 Å². The number of carboxylic acid groups (broad SMARTS) is 1. The molecule has 1 aromatic heterocycles. The van der Waals surface area contributed by atoms with Crippen LogP contribution in [0, 0.1) is 0 Å². The summed E-state index contributed by atoms with van der Waals surface area (Å²) in [5, 5.41) is 10.2. The van der Waals surface area contributed by atoms with Crippen molar-refractivity contribution in [3.63, 3.8) is 0 Å². The minimum absolute atomic E-state index is 0.0241. The number of sulfonamides is 1. The number of aromatic carboxylic acids is 1. The summed E-state index contributed by atoms with van der Waals surface area (Å²) < 4.78 is 30.9. The second-order valence-electron chi connectivity index (χ2n) is 3.96. The number of hydrogen-bond donors (Lipinski definition) is 1. The fraction of sp³-hybridized carbons (Fsp3) is 0.500. The maximum absolute atomic E-state index is 12.2. The highest BCUT2D eigenvalue weighted by Crippen LogP contribution is 2.26. The lowest BCUT2D eigenvalue weighted by atomic mass is 10.3. The Morgan fingerprint density at radius 3 is 2.83 bits per heavy atom. The predicted molar refractivity (Wildman–Crippen MR) is 65.5 cm³/mol. The highest BCUT2D eigenvalue weighted by Gasteiger charge is 2.33. The molecule has 0 spiro atoms. The zero-order valence-electron chi connectivity index (χ0n) is 9.70. The van der Waals surface area contributed by atoms with Gasteiger partial charge < -0.3 is 9.84 Å². The zero-order valence-corrected chi connectivity index (χ0v) is 11.3. The normalized spacial score (nSPS) is 21.3. The summed E-state index contributed by atoms with van der Waals surface area (Å²) >= 11 is 0.913. The molecule has 1 atom stereocenters. The molecule has 1 aliphatic rings. The molecule has 100 valence electrons.